The molecule has 0 aliphatic carbocycles. The molecule has 0 aliphatic rings. The summed E-state index contributed by atoms with van der Waals surface area (Å²) in [4.78, 5) is 28.8. The van der Waals surface area contributed by atoms with E-state index in [0.29, 0.717) is 23.8 Å². The molecular weight excluding hydrogens is 443 g/mol. The quantitative estimate of drug-likeness (QED) is 0.414. The maximum absolute atomic E-state index is 13.3. The molecule has 0 saturated heterocycles. The van der Waals surface area contributed by atoms with E-state index in [-0.39, 0.29) is 43.7 Å². The Balaban J connectivity index is 1.79. The number of rotatable bonds is 12. The molecule has 0 aliphatic heterocycles. The normalized spacial score (nSPS) is 12.0. The number of amides is 2. The highest BCUT2D eigenvalue weighted by atomic mass is 19.1. The largest absolute Gasteiger partial charge is 0.467 e. The van der Waals surface area contributed by atoms with Crippen LogP contribution in [0.25, 0.3) is 11.4 Å². The van der Waals surface area contributed by atoms with Crippen LogP contribution >= 0.6 is 0 Å². The van der Waals surface area contributed by atoms with Crippen LogP contribution in [0.1, 0.15) is 38.5 Å². The molecule has 11 heteroatoms. The summed E-state index contributed by atoms with van der Waals surface area (Å²) in [6, 6.07) is 7.86. The number of nitrogens with zero attached hydrogens (tertiary/aromatic N) is 5. The van der Waals surface area contributed by atoms with Crippen LogP contribution in [0.3, 0.4) is 0 Å². The molecule has 0 unspecified atom stereocenters. The number of hydrogen-bond donors (Lipinski definition) is 2. The first-order valence-corrected chi connectivity index (χ1v) is 11.1. The Morgan fingerprint density at radius 1 is 1.24 bits per heavy atom. The van der Waals surface area contributed by atoms with Crippen LogP contribution in [0, 0.1) is 11.7 Å². The molecule has 1 atom stereocenters. The molecule has 2 amide bonds. The molecular formula is C23H29FN6O4. The molecule has 3 aromatic rings. The molecule has 182 valence electrons. The summed E-state index contributed by atoms with van der Waals surface area (Å²) >= 11 is 0. The number of tetrazole rings is 1. The fraction of sp³-hybridized carbons (Fsp3) is 0.435. The smallest absolute Gasteiger partial charge is 0.250 e. The van der Waals surface area contributed by atoms with Gasteiger partial charge in [0, 0.05) is 25.3 Å². The molecule has 0 saturated carbocycles. The minimum Gasteiger partial charge on any atom is -0.467 e. The lowest BCUT2D eigenvalue weighted by atomic mass is 10.1. The van der Waals surface area contributed by atoms with Gasteiger partial charge in [0.1, 0.15) is 18.1 Å². The Labute approximate surface area is 196 Å². The minimum atomic E-state index is -1.01. The molecule has 2 heterocycles. The second kappa shape index (κ2) is 12.0. The van der Waals surface area contributed by atoms with E-state index in [9.17, 15) is 19.1 Å². The van der Waals surface area contributed by atoms with Gasteiger partial charge in [-0.3, -0.25) is 9.59 Å². The lowest BCUT2D eigenvalue weighted by Gasteiger charge is -2.29. The molecule has 2 N–H and O–H groups in total. The Hall–Kier alpha value is -3.60. The van der Waals surface area contributed by atoms with Crippen LogP contribution in [-0.4, -0.2) is 61.7 Å². The van der Waals surface area contributed by atoms with E-state index >= 15 is 0 Å². The zero-order valence-electron chi connectivity index (χ0n) is 19.2. The van der Waals surface area contributed by atoms with Crippen molar-refractivity contribution in [3.05, 3.63) is 54.2 Å². The van der Waals surface area contributed by atoms with Crippen molar-refractivity contribution in [3.63, 3.8) is 0 Å². The van der Waals surface area contributed by atoms with Crippen molar-refractivity contribution in [3.8, 4) is 11.4 Å². The van der Waals surface area contributed by atoms with E-state index < -0.39 is 11.9 Å². The summed E-state index contributed by atoms with van der Waals surface area (Å²) in [5.41, 5.74) is 0.551. The topological polar surface area (TPSA) is 126 Å². The number of aliphatic hydroxyl groups excluding tert-OH is 1. The van der Waals surface area contributed by atoms with Crippen LogP contribution in [-0.2, 0) is 16.1 Å². The lowest BCUT2D eigenvalue weighted by molar-refractivity contribution is -0.142. The van der Waals surface area contributed by atoms with E-state index in [4.69, 9.17) is 4.42 Å². The SMILES string of the molecule is CC(C)CCNC(=O)[C@@H](c1ccco1)N(CCCO)C(=O)Cn1nnc(-c2ccc(F)cc2)n1. The lowest BCUT2D eigenvalue weighted by Crippen LogP contribution is -2.45. The third-order valence-corrected chi connectivity index (χ3v) is 5.10. The zero-order valence-corrected chi connectivity index (χ0v) is 19.2. The van der Waals surface area contributed by atoms with Crippen molar-refractivity contribution in [2.45, 2.75) is 39.3 Å². The van der Waals surface area contributed by atoms with Crippen molar-refractivity contribution < 1.29 is 23.5 Å². The second-order valence-electron chi connectivity index (χ2n) is 8.21. The van der Waals surface area contributed by atoms with Crippen LogP contribution in [0.5, 0.6) is 0 Å². The zero-order chi connectivity index (χ0) is 24.5. The first-order chi connectivity index (χ1) is 16.4. The van der Waals surface area contributed by atoms with Gasteiger partial charge in [-0.25, -0.2) is 4.39 Å². The van der Waals surface area contributed by atoms with E-state index in [1.807, 2.05) is 0 Å². The molecule has 10 nitrogen and oxygen atoms in total. The Morgan fingerprint density at radius 2 is 2.00 bits per heavy atom. The first kappa shape index (κ1) is 25.0. The Kier molecular flexibility index (Phi) is 8.86. The van der Waals surface area contributed by atoms with Crippen molar-refractivity contribution in [1.82, 2.24) is 30.4 Å². The average molecular weight is 473 g/mol. The maximum Gasteiger partial charge on any atom is 0.250 e. The van der Waals surface area contributed by atoms with Crippen LogP contribution in [0.2, 0.25) is 0 Å². The van der Waals surface area contributed by atoms with Crippen LogP contribution < -0.4 is 5.32 Å². The number of nitrogens with one attached hydrogen (secondary N) is 1. The highest BCUT2D eigenvalue weighted by Crippen LogP contribution is 2.23. The molecule has 2 aromatic heterocycles. The molecule has 1 aromatic carbocycles. The fourth-order valence-electron chi connectivity index (χ4n) is 3.33. The van der Waals surface area contributed by atoms with E-state index in [0.717, 1.165) is 11.2 Å². The van der Waals surface area contributed by atoms with Gasteiger partial charge in [-0.05, 0) is 60.4 Å². The Morgan fingerprint density at radius 3 is 2.65 bits per heavy atom. The number of furan rings is 1. The van der Waals surface area contributed by atoms with Crippen molar-refractivity contribution in [2.75, 3.05) is 19.7 Å². The van der Waals surface area contributed by atoms with Gasteiger partial charge in [0.05, 0.1) is 6.26 Å². The summed E-state index contributed by atoms with van der Waals surface area (Å²) in [7, 11) is 0. The summed E-state index contributed by atoms with van der Waals surface area (Å²) in [6.07, 6.45) is 2.50. The van der Waals surface area contributed by atoms with Gasteiger partial charge in [0.2, 0.25) is 11.7 Å². The molecule has 0 spiro atoms. The van der Waals surface area contributed by atoms with Gasteiger partial charge in [0.15, 0.2) is 6.04 Å². The van der Waals surface area contributed by atoms with Crippen molar-refractivity contribution in [2.24, 2.45) is 5.92 Å². The maximum atomic E-state index is 13.3. The van der Waals surface area contributed by atoms with Gasteiger partial charge in [-0.1, -0.05) is 13.8 Å². The van der Waals surface area contributed by atoms with Crippen LogP contribution in [0.4, 0.5) is 4.39 Å². The van der Waals surface area contributed by atoms with Gasteiger partial charge in [0.25, 0.3) is 5.91 Å². The number of aromatic nitrogens is 4. The van der Waals surface area contributed by atoms with Crippen molar-refractivity contribution >= 4 is 11.8 Å². The number of hydrogen-bond acceptors (Lipinski definition) is 7. The monoisotopic (exact) mass is 472 g/mol. The number of benzene rings is 1. The number of halogens is 1. The second-order valence-corrected chi connectivity index (χ2v) is 8.21. The van der Waals surface area contributed by atoms with Crippen molar-refractivity contribution in [1.29, 1.82) is 0 Å². The molecule has 0 fully saturated rings. The van der Waals surface area contributed by atoms with Gasteiger partial charge in [-0.2, -0.15) is 4.80 Å². The molecule has 0 radical (unpaired) electrons. The third kappa shape index (κ3) is 6.70. The third-order valence-electron chi connectivity index (χ3n) is 5.10. The Bertz CT molecular complexity index is 1050. The van der Waals surface area contributed by atoms with E-state index in [2.05, 4.69) is 34.6 Å². The summed E-state index contributed by atoms with van der Waals surface area (Å²) in [5.74, 6) is -0.252. The summed E-state index contributed by atoms with van der Waals surface area (Å²) in [5, 5.41) is 24.3. The average Bonchev–Trinajstić information content (AvgIpc) is 3.49. The predicted molar refractivity (Wildman–Crippen MR) is 121 cm³/mol. The highest BCUT2D eigenvalue weighted by Gasteiger charge is 2.33. The van der Waals surface area contributed by atoms with Crippen LogP contribution in [0.15, 0.2) is 47.1 Å². The predicted octanol–water partition coefficient (Wildman–Crippen LogP) is 2.19. The number of carbonyl (C=O) groups excluding carboxylic acids is 2. The fourth-order valence-corrected chi connectivity index (χ4v) is 3.33. The van der Waals surface area contributed by atoms with E-state index in [1.54, 1.807) is 12.1 Å². The summed E-state index contributed by atoms with van der Waals surface area (Å²) < 4.78 is 18.7. The van der Waals surface area contributed by atoms with Gasteiger partial charge in [-0.15, -0.1) is 10.2 Å². The van der Waals surface area contributed by atoms with E-state index in [1.165, 1.54) is 35.4 Å². The molecule has 34 heavy (non-hydrogen) atoms. The first-order valence-electron chi connectivity index (χ1n) is 11.1. The molecule has 0 bridgehead atoms. The van der Waals surface area contributed by atoms with Gasteiger partial charge >= 0.3 is 0 Å². The summed E-state index contributed by atoms with van der Waals surface area (Å²) in [6.45, 7) is 4.26. The number of aliphatic hydroxyl groups is 1. The number of carbonyl (C=O) groups is 2. The standard InChI is InChI=1S/C23H29FN6O4/c1-16(2)10-11-25-23(33)21(19-5-3-14-34-19)29(12-4-13-31)20(32)15-30-27-22(26-28-30)17-6-8-18(24)9-7-17/h3,5-9,14,16,21,31H,4,10-13,15H2,1-2H3,(H,25,33)/t21-/m1/s1. The minimum absolute atomic E-state index is 0.123. The molecule has 3 rings (SSSR count). The highest BCUT2D eigenvalue weighted by molar-refractivity contribution is 5.88. The van der Waals surface area contributed by atoms with Gasteiger partial charge < -0.3 is 19.7 Å².